The third kappa shape index (κ3) is 5.29. The summed E-state index contributed by atoms with van der Waals surface area (Å²) in [5.41, 5.74) is 3.25. The van der Waals surface area contributed by atoms with Gasteiger partial charge in [0.2, 0.25) is 0 Å². The van der Waals surface area contributed by atoms with Gasteiger partial charge in [-0.1, -0.05) is 36.8 Å². The summed E-state index contributed by atoms with van der Waals surface area (Å²) in [6.07, 6.45) is 1.39. The molecule has 0 unspecified atom stereocenters. The Balaban J connectivity index is 1.77. The molecule has 0 atom stereocenters. The highest BCUT2D eigenvalue weighted by Crippen LogP contribution is 2.26. The van der Waals surface area contributed by atoms with Crippen molar-refractivity contribution in [3.8, 4) is 0 Å². The molecule has 0 fully saturated rings. The van der Waals surface area contributed by atoms with Gasteiger partial charge in [0.25, 0.3) is 17.4 Å². The van der Waals surface area contributed by atoms with E-state index in [-0.39, 0.29) is 15.5 Å². The van der Waals surface area contributed by atoms with Crippen LogP contribution < -0.4 is 16.2 Å². The Bertz CT molecular complexity index is 1570. The summed E-state index contributed by atoms with van der Waals surface area (Å²) in [4.78, 5) is 56.5. The number of nitrogens with zero attached hydrogens (tertiary/aromatic N) is 2. The van der Waals surface area contributed by atoms with E-state index in [4.69, 9.17) is 4.74 Å². The van der Waals surface area contributed by atoms with Crippen molar-refractivity contribution in [3.05, 3.63) is 91.8 Å². The predicted molar refractivity (Wildman–Crippen MR) is 143 cm³/mol. The molecule has 4 rings (SSSR count). The Morgan fingerprint density at radius 3 is 2.43 bits per heavy atom. The normalized spacial score (nSPS) is 10.8. The standard InChI is InChI=1S/C27H26N4O5S/c1-5-7-19-14-21(32)31-22(24(33)28-18-12-10-17(11-13-18)26(35)36-4)23(37-27(31)29-19)25(34)30-20-9-6-8-15(2)16(20)3/h6,8-14H,5,7H2,1-4H3,(H,28,33)(H,30,34). The second kappa shape index (κ2) is 10.8. The van der Waals surface area contributed by atoms with E-state index in [1.54, 1.807) is 6.07 Å². The number of hydrogen-bond acceptors (Lipinski definition) is 7. The number of methoxy groups -OCH3 is 1. The molecular weight excluding hydrogens is 492 g/mol. The van der Waals surface area contributed by atoms with Gasteiger partial charge in [0.15, 0.2) is 4.96 Å². The molecule has 0 aliphatic rings. The van der Waals surface area contributed by atoms with Crippen LogP contribution in [0.1, 0.15) is 60.7 Å². The van der Waals surface area contributed by atoms with Crippen molar-refractivity contribution < 1.29 is 19.1 Å². The van der Waals surface area contributed by atoms with Gasteiger partial charge in [0.1, 0.15) is 10.6 Å². The second-order valence-electron chi connectivity index (χ2n) is 8.46. The minimum absolute atomic E-state index is 0.0582. The molecular formula is C27H26N4O5S. The average Bonchev–Trinajstić information content (AvgIpc) is 3.27. The van der Waals surface area contributed by atoms with Crippen LogP contribution in [-0.4, -0.2) is 34.3 Å². The number of benzene rings is 2. The molecule has 10 heteroatoms. The average molecular weight is 519 g/mol. The number of carbonyl (C=O) groups excluding carboxylic acids is 3. The Hall–Kier alpha value is -4.31. The molecule has 2 aromatic heterocycles. The molecule has 2 heterocycles. The number of esters is 1. The monoisotopic (exact) mass is 518 g/mol. The number of carbonyl (C=O) groups is 3. The van der Waals surface area contributed by atoms with Gasteiger partial charge in [0, 0.05) is 23.1 Å². The zero-order valence-electron chi connectivity index (χ0n) is 20.9. The maximum absolute atomic E-state index is 13.5. The van der Waals surface area contributed by atoms with Gasteiger partial charge >= 0.3 is 5.97 Å². The molecule has 2 aromatic carbocycles. The van der Waals surface area contributed by atoms with Gasteiger partial charge in [-0.3, -0.25) is 14.4 Å². The Kier molecular flexibility index (Phi) is 7.49. The summed E-state index contributed by atoms with van der Waals surface area (Å²) in [6, 6.07) is 13.0. The van der Waals surface area contributed by atoms with Gasteiger partial charge in [-0.15, -0.1) is 0 Å². The van der Waals surface area contributed by atoms with E-state index in [0.29, 0.717) is 29.1 Å². The molecule has 2 amide bonds. The summed E-state index contributed by atoms with van der Waals surface area (Å²) in [5, 5.41) is 5.59. The van der Waals surface area contributed by atoms with Crippen molar-refractivity contribution in [2.24, 2.45) is 0 Å². The Labute approximate surface area is 217 Å². The summed E-state index contributed by atoms with van der Waals surface area (Å²) in [7, 11) is 1.28. The molecule has 9 nitrogen and oxygen atoms in total. The molecule has 4 aromatic rings. The summed E-state index contributed by atoms with van der Waals surface area (Å²) in [5.74, 6) is -1.69. The van der Waals surface area contributed by atoms with Crippen molar-refractivity contribution in [2.75, 3.05) is 17.7 Å². The van der Waals surface area contributed by atoms with Crippen LogP contribution in [0.15, 0.2) is 53.3 Å². The highest BCUT2D eigenvalue weighted by molar-refractivity contribution is 7.19. The number of aromatic nitrogens is 2. The number of nitrogens with one attached hydrogen (secondary N) is 2. The zero-order valence-corrected chi connectivity index (χ0v) is 21.7. The van der Waals surface area contributed by atoms with Crippen LogP contribution in [0.3, 0.4) is 0 Å². The van der Waals surface area contributed by atoms with Crippen molar-refractivity contribution >= 4 is 45.5 Å². The van der Waals surface area contributed by atoms with E-state index in [1.807, 2.05) is 32.9 Å². The molecule has 0 bridgehead atoms. The molecule has 0 aliphatic heterocycles. The number of anilines is 2. The van der Waals surface area contributed by atoms with Crippen LogP contribution in [-0.2, 0) is 11.2 Å². The van der Waals surface area contributed by atoms with E-state index in [0.717, 1.165) is 28.9 Å². The number of thiazole rings is 1. The lowest BCUT2D eigenvalue weighted by Crippen LogP contribution is -2.25. The van der Waals surface area contributed by atoms with E-state index < -0.39 is 23.3 Å². The maximum Gasteiger partial charge on any atom is 0.337 e. The summed E-state index contributed by atoms with van der Waals surface area (Å²) >= 11 is 0.982. The Morgan fingerprint density at radius 1 is 1.03 bits per heavy atom. The summed E-state index contributed by atoms with van der Waals surface area (Å²) < 4.78 is 5.86. The number of hydrogen-bond donors (Lipinski definition) is 2. The molecule has 0 aliphatic carbocycles. The quantitative estimate of drug-likeness (QED) is 0.345. The fraction of sp³-hybridized carbons (Fsp3) is 0.222. The minimum Gasteiger partial charge on any atom is -0.465 e. The van der Waals surface area contributed by atoms with Crippen molar-refractivity contribution in [3.63, 3.8) is 0 Å². The van der Waals surface area contributed by atoms with Crippen molar-refractivity contribution in [1.82, 2.24) is 9.38 Å². The molecule has 2 N–H and O–H groups in total. The smallest absolute Gasteiger partial charge is 0.337 e. The molecule has 0 saturated carbocycles. The first-order valence-corrected chi connectivity index (χ1v) is 12.5. The molecule has 0 radical (unpaired) electrons. The lowest BCUT2D eigenvalue weighted by Gasteiger charge is -2.11. The van der Waals surface area contributed by atoms with Gasteiger partial charge in [-0.25, -0.2) is 14.2 Å². The van der Waals surface area contributed by atoms with Crippen molar-refractivity contribution in [2.45, 2.75) is 33.6 Å². The van der Waals surface area contributed by atoms with Gasteiger partial charge in [-0.2, -0.15) is 0 Å². The van der Waals surface area contributed by atoms with E-state index in [9.17, 15) is 19.2 Å². The SMILES string of the molecule is CCCc1cc(=O)n2c(C(=O)Nc3ccc(C(=O)OC)cc3)c(C(=O)Nc3cccc(C)c3C)sc2n1. The van der Waals surface area contributed by atoms with Gasteiger partial charge in [-0.05, 0) is 61.7 Å². The fourth-order valence-corrected chi connectivity index (χ4v) is 4.87. The van der Waals surface area contributed by atoms with Crippen molar-refractivity contribution in [1.29, 1.82) is 0 Å². The number of amides is 2. The van der Waals surface area contributed by atoms with Crippen LogP contribution in [0.25, 0.3) is 4.96 Å². The second-order valence-corrected chi connectivity index (χ2v) is 9.44. The molecule has 190 valence electrons. The van der Waals surface area contributed by atoms with Crippen LogP contribution >= 0.6 is 11.3 Å². The van der Waals surface area contributed by atoms with Gasteiger partial charge < -0.3 is 15.4 Å². The lowest BCUT2D eigenvalue weighted by molar-refractivity contribution is 0.0600. The van der Waals surface area contributed by atoms with E-state index in [2.05, 4.69) is 15.6 Å². The number of fused-ring (bicyclic) bond motifs is 1. The highest BCUT2D eigenvalue weighted by Gasteiger charge is 2.27. The van der Waals surface area contributed by atoms with E-state index >= 15 is 0 Å². The third-order valence-corrected chi connectivity index (χ3v) is 6.96. The maximum atomic E-state index is 13.5. The highest BCUT2D eigenvalue weighted by atomic mass is 32.1. The largest absolute Gasteiger partial charge is 0.465 e. The first kappa shape index (κ1) is 25.8. The summed E-state index contributed by atoms with van der Waals surface area (Å²) in [6.45, 7) is 5.81. The number of ether oxygens (including phenoxy) is 1. The lowest BCUT2D eigenvalue weighted by atomic mass is 10.1. The predicted octanol–water partition coefficient (Wildman–Crippen LogP) is 4.62. The van der Waals surface area contributed by atoms with E-state index in [1.165, 1.54) is 41.8 Å². The van der Waals surface area contributed by atoms with Gasteiger partial charge in [0.05, 0.1) is 12.7 Å². The minimum atomic E-state index is -0.657. The fourth-order valence-electron chi connectivity index (χ4n) is 3.83. The van der Waals surface area contributed by atoms with Crippen LogP contribution in [0.5, 0.6) is 0 Å². The number of rotatable bonds is 7. The zero-order chi connectivity index (χ0) is 26.7. The third-order valence-electron chi connectivity index (χ3n) is 5.92. The van der Waals surface area contributed by atoms with Crippen LogP contribution in [0, 0.1) is 13.8 Å². The Morgan fingerprint density at radius 2 is 1.76 bits per heavy atom. The number of aryl methyl sites for hydroxylation is 2. The molecule has 0 saturated heterocycles. The van der Waals surface area contributed by atoms with Crippen LogP contribution in [0.4, 0.5) is 11.4 Å². The molecule has 37 heavy (non-hydrogen) atoms. The topological polar surface area (TPSA) is 119 Å². The molecule has 0 spiro atoms. The first-order valence-electron chi connectivity index (χ1n) is 11.7. The van der Waals surface area contributed by atoms with Crippen LogP contribution in [0.2, 0.25) is 0 Å². The first-order chi connectivity index (χ1) is 17.7.